The van der Waals surface area contributed by atoms with Gasteiger partial charge >= 0.3 is 11.9 Å². The molecule has 2 bridgehead atoms. The molecule has 26 heavy (non-hydrogen) atoms. The first-order valence-corrected chi connectivity index (χ1v) is 9.17. The smallest absolute Gasteiger partial charge is 0.331 e. The summed E-state index contributed by atoms with van der Waals surface area (Å²) in [6, 6.07) is 7.47. The van der Waals surface area contributed by atoms with Crippen molar-refractivity contribution in [3.05, 3.63) is 54.1 Å². The van der Waals surface area contributed by atoms with Crippen LogP contribution in [-0.4, -0.2) is 18.0 Å². The zero-order valence-corrected chi connectivity index (χ0v) is 15.4. The van der Waals surface area contributed by atoms with Gasteiger partial charge < -0.3 is 9.47 Å². The van der Waals surface area contributed by atoms with Gasteiger partial charge in [-0.3, -0.25) is 0 Å². The Bertz CT molecular complexity index is 714. The van der Waals surface area contributed by atoms with E-state index in [9.17, 15) is 9.59 Å². The highest BCUT2D eigenvalue weighted by Crippen LogP contribution is 2.58. The van der Waals surface area contributed by atoms with Crippen molar-refractivity contribution in [1.82, 2.24) is 0 Å². The van der Waals surface area contributed by atoms with Crippen LogP contribution in [0.15, 0.2) is 43.0 Å². The minimum atomic E-state index is -0.444. The van der Waals surface area contributed by atoms with Gasteiger partial charge in [0, 0.05) is 18.1 Å². The highest BCUT2D eigenvalue weighted by Gasteiger charge is 2.54. The molecule has 1 aromatic carbocycles. The van der Waals surface area contributed by atoms with E-state index in [-0.39, 0.29) is 18.7 Å². The quantitative estimate of drug-likeness (QED) is 0.565. The summed E-state index contributed by atoms with van der Waals surface area (Å²) in [6.07, 6.45) is 7.86. The Morgan fingerprint density at radius 3 is 2.50 bits per heavy atom. The molecule has 3 rings (SSSR count). The number of rotatable bonds is 6. The third-order valence-electron chi connectivity index (χ3n) is 6.01. The van der Waals surface area contributed by atoms with Crippen molar-refractivity contribution in [2.24, 2.45) is 17.3 Å². The molecule has 2 fully saturated rings. The summed E-state index contributed by atoms with van der Waals surface area (Å²) in [6.45, 7) is 8.16. The van der Waals surface area contributed by atoms with Crippen LogP contribution < -0.4 is 0 Å². The molecule has 0 aliphatic heterocycles. The van der Waals surface area contributed by atoms with E-state index >= 15 is 0 Å². The molecule has 138 valence electrons. The third-order valence-corrected chi connectivity index (χ3v) is 6.01. The van der Waals surface area contributed by atoms with Crippen LogP contribution in [0.5, 0.6) is 0 Å². The summed E-state index contributed by atoms with van der Waals surface area (Å²) >= 11 is 0. The van der Waals surface area contributed by atoms with E-state index in [2.05, 4.69) is 20.4 Å². The minimum Gasteiger partial charge on any atom is -0.459 e. The van der Waals surface area contributed by atoms with Gasteiger partial charge in [0.25, 0.3) is 0 Å². The summed E-state index contributed by atoms with van der Waals surface area (Å²) in [7, 11) is 0. The maximum atomic E-state index is 12.2. The molecule has 2 aliphatic rings. The minimum absolute atomic E-state index is 0.0582. The van der Waals surface area contributed by atoms with Crippen LogP contribution in [-0.2, 0) is 25.7 Å². The Labute approximate surface area is 154 Å². The van der Waals surface area contributed by atoms with E-state index < -0.39 is 5.97 Å². The van der Waals surface area contributed by atoms with Crippen LogP contribution in [0.25, 0.3) is 6.08 Å². The molecular weight excluding hydrogens is 328 g/mol. The normalized spacial score (nSPS) is 26.0. The third kappa shape index (κ3) is 3.90. The van der Waals surface area contributed by atoms with Crippen molar-refractivity contribution in [1.29, 1.82) is 0 Å². The number of carbonyl (C=O) groups excluding carboxylic acids is 2. The molecule has 3 unspecified atom stereocenters. The summed E-state index contributed by atoms with van der Waals surface area (Å²) in [5, 5.41) is 0. The molecule has 3 atom stereocenters. The van der Waals surface area contributed by atoms with Gasteiger partial charge in [0.1, 0.15) is 12.7 Å². The number of ether oxygens (including phenoxy) is 2. The maximum absolute atomic E-state index is 12.2. The standard InChI is InChI=1S/C22H26O4/c1-4-20(23)25-14-16-7-5-15(6-8-16)9-12-21(24)26-19-13-17-10-11-18(19)22(17,2)3/h4-9,12,17-19H,1,10-11,13-14H2,2-3H3/b12-9+. The van der Waals surface area contributed by atoms with Gasteiger partial charge in [-0.15, -0.1) is 0 Å². The lowest BCUT2D eigenvalue weighted by atomic mass is 9.82. The Hall–Kier alpha value is -2.36. The first-order valence-electron chi connectivity index (χ1n) is 9.17. The molecule has 1 aromatic rings. The average molecular weight is 354 g/mol. The van der Waals surface area contributed by atoms with Crippen LogP contribution >= 0.6 is 0 Å². The topological polar surface area (TPSA) is 52.6 Å². The van der Waals surface area contributed by atoms with Crippen molar-refractivity contribution in [3.8, 4) is 0 Å². The van der Waals surface area contributed by atoms with Gasteiger partial charge in [0.2, 0.25) is 0 Å². The Kier molecular flexibility index (Phi) is 5.30. The lowest BCUT2D eigenvalue weighted by molar-refractivity contribution is -0.146. The van der Waals surface area contributed by atoms with Crippen LogP contribution in [0.2, 0.25) is 0 Å². The van der Waals surface area contributed by atoms with Crippen molar-refractivity contribution >= 4 is 18.0 Å². The second-order valence-electron chi connectivity index (χ2n) is 7.80. The van der Waals surface area contributed by atoms with Crippen LogP contribution in [0, 0.1) is 17.3 Å². The molecule has 2 saturated carbocycles. The Balaban J connectivity index is 1.51. The number of carbonyl (C=O) groups is 2. The largest absolute Gasteiger partial charge is 0.459 e. The van der Waals surface area contributed by atoms with Crippen LogP contribution in [0.4, 0.5) is 0 Å². The molecule has 0 spiro atoms. The van der Waals surface area contributed by atoms with Crippen molar-refractivity contribution in [2.45, 2.75) is 45.8 Å². The fourth-order valence-electron chi connectivity index (χ4n) is 4.38. The molecule has 0 aromatic heterocycles. The molecule has 0 heterocycles. The lowest BCUT2D eigenvalue weighted by Crippen LogP contribution is -2.26. The zero-order valence-electron chi connectivity index (χ0n) is 15.4. The molecule has 0 saturated heterocycles. The second kappa shape index (κ2) is 7.48. The maximum Gasteiger partial charge on any atom is 0.331 e. The molecule has 0 radical (unpaired) electrons. The van der Waals surface area contributed by atoms with Gasteiger partial charge in [-0.1, -0.05) is 44.7 Å². The van der Waals surface area contributed by atoms with E-state index in [0.29, 0.717) is 17.3 Å². The molecule has 2 aliphatic carbocycles. The van der Waals surface area contributed by atoms with Gasteiger partial charge in [-0.2, -0.15) is 0 Å². The van der Waals surface area contributed by atoms with Crippen molar-refractivity contribution in [2.75, 3.05) is 0 Å². The van der Waals surface area contributed by atoms with Crippen molar-refractivity contribution < 1.29 is 19.1 Å². The second-order valence-corrected chi connectivity index (χ2v) is 7.80. The molecular formula is C22H26O4. The molecule has 0 amide bonds. The van der Waals surface area contributed by atoms with Gasteiger partial charge in [0.05, 0.1) is 0 Å². The van der Waals surface area contributed by atoms with E-state index in [4.69, 9.17) is 9.47 Å². The number of benzene rings is 1. The fourth-order valence-corrected chi connectivity index (χ4v) is 4.38. The molecule has 4 heteroatoms. The average Bonchev–Trinajstić information content (AvgIpc) is 3.05. The SMILES string of the molecule is C=CC(=O)OCc1ccc(/C=C/C(=O)OC2CC3CCC2C3(C)C)cc1. The summed E-state index contributed by atoms with van der Waals surface area (Å²) < 4.78 is 10.7. The monoisotopic (exact) mass is 354 g/mol. The first-order chi connectivity index (χ1) is 12.4. The first kappa shape index (κ1) is 18.4. The van der Waals surface area contributed by atoms with E-state index in [0.717, 1.165) is 30.0 Å². The summed E-state index contributed by atoms with van der Waals surface area (Å²) in [4.78, 5) is 23.2. The molecule has 4 nitrogen and oxygen atoms in total. The predicted molar refractivity (Wildman–Crippen MR) is 100.0 cm³/mol. The zero-order chi connectivity index (χ0) is 18.7. The summed E-state index contributed by atoms with van der Waals surface area (Å²) in [5.41, 5.74) is 2.07. The van der Waals surface area contributed by atoms with Crippen LogP contribution in [0.3, 0.4) is 0 Å². The highest BCUT2D eigenvalue weighted by molar-refractivity contribution is 5.87. The fraction of sp³-hybridized carbons (Fsp3) is 0.455. The number of hydrogen-bond acceptors (Lipinski definition) is 4. The summed E-state index contributed by atoms with van der Waals surface area (Å²) in [5.74, 6) is 0.447. The van der Waals surface area contributed by atoms with E-state index in [1.165, 1.54) is 12.5 Å². The number of hydrogen-bond donors (Lipinski definition) is 0. The Morgan fingerprint density at radius 2 is 1.92 bits per heavy atom. The predicted octanol–water partition coefficient (Wildman–Crippen LogP) is 4.30. The van der Waals surface area contributed by atoms with Gasteiger partial charge in [-0.25, -0.2) is 9.59 Å². The van der Waals surface area contributed by atoms with Gasteiger partial charge in [-0.05, 0) is 47.8 Å². The Morgan fingerprint density at radius 1 is 1.19 bits per heavy atom. The van der Waals surface area contributed by atoms with E-state index in [1.807, 2.05) is 24.3 Å². The lowest BCUT2D eigenvalue weighted by Gasteiger charge is -2.26. The highest BCUT2D eigenvalue weighted by atomic mass is 16.5. The molecule has 0 N–H and O–H groups in total. The number of esters is 2. The van der Waals surface area contributed by atoms with Gasteiger partial charge in [0.15, 0.2) is 0 Å². The van der Waals surface area contributed by atoms with E-state index in [1.54, 1.807) is 6.08 Å². The van der Waals surface area contributed by atoms with Crippen molar-refractivity contribution in [3.63, 3.8) is 0 Å². The number of fused-ring (bicyclic) bond motifs is 2. The van der Waals surface area contributed by atoms with Crippen LogP contribution in [0.1, 0.15) is 44.2 Å².